The largest absolute Gasteiger partial charge is 0.370 e. The lowest BCUT2D eigenvalue weighted by Gasteiger charge is -2.28. The van der Waals surface area contributed by atoms with Gasteiger partial charge in [-0.1, -0.05) is 19.4 Å². The number of nitrogens with one attached hydrogen (secondary N) is 1. The lowest BCUT2D eigenvalue weighted by molar-refractivity contribution is -0.129. The smallest absolute Gasteiger partial charge is 0.219 e. The lowest BCUT2D eigenvalue weighted by Crippen LogP contribution is -2.35. The van der Waals surface area contributed by atoms with Crippen molar-refractivity contribution in [2.75, 3.05) is 18.4 Å². The molecule has 0 unspecified atom stereocenters. The van der Waals surface area contributed by atoms with E-state index in [0.29, 0.717) is 12.4 Å². The van der Waals surface area contributed by atoms with Gasteiger partial charge in [0.1, 0.15) is 11.5 Å². The van der Waals surface area contributed by atoms with E-state index in [2.05, 4.69) is 17.2 Å². The third kappa shape index (κ3) is 3.53. The van der Waals surface area contributed by atoms with E-state index >= 15 is 0 Å². The van der Waals surface area contributed by atoms with E-state index < -0.39 is 0 Å². The highest BCUT2D eigenvalue weighted by Gasteiger charge is 2.24. The van der Waals surface area contributed by atoms with E-state index in [9.17, 15) is 4.79 Å². The summed E-state index contributed by atoms with van der Waals surface area (Å²) in [6.45, 7) is 5.91. The number of anilines is 1. The van der Waals surface area contributed by atoms with E-state index in [4.69, 9.17) is 9.97 Å². The van der Waals surface area contributed by atoms with Crippen LogP contribution in [0.1, 0.15) is 37.9 Å². The zero-order chi connectivity index (χ0) is 16.9. The maximum atomic E-state index is 11.7. The predicted molar refractivity (Wildman–Crippen MR) is 93.5 cm³/mol. The number of rotatable bonds is 5. The van der Waals surface area contributed by atoms with Gasteiger partial charge < -0.3 is 10.2 Å². The topological polar surface area (TPSA) is 71.0 Å². The number of hydrogen-bond acceptors (Lipinski definition) is 5. The predicted octanol–water partition coefficient (Wildman–Crippen LogP) is 2.66. The number of carbonyl (C=O) groups is 1. The molecule has 0 aromatic carbocycles. The van der Waals surface area contributed by atoms with E-state index in [1.54, 1.807) is 13.1 Å². The number of carbonyl (C=O) groups excluding carboxylic acids is 1. The fourth-order valence-electron chi connectivity index (χ4n) is 2.84. The van der Waals surface area contributed by atoms with Gasteiger partial charge in [-0.3, -0.25) is 9.78 Å². The maximum Gasteiger partial charge on any atom is 0.219 e. The van der Waals surface area contributed by atoms with Gasteiger partial charge >= 0.3 is 0 Å². The van der Waals surface area contributed by atoms with Crippen molar-refractivity contribution in [3.63, 3.8) is 0 Å². The number of pyridine rings is 1. The van der Waals surface area contributed by atoms with Gasteiger partial charge in [0.15, 0.2) is 5.82 Å². The summed E-state index contributed by atoms with van der Waals surface area (Å²) >= 11 is 0. The van der Waals surface area contributed by atoms with Crippen LogP contribution in [-0.2, 0) is 17.8 Å². The quantitative estimate of drug-likeness (QED) is 0.856. The molecule has 3 rings (SSSR count). The molecule has 2 aromatic heterocycles. The molecule has 1 aliphatic rings. The van der Waals surface area contributed by atoms with Gasteiger partial charge in [0.25, 0.3) is 0 Å². The van der Waals surface area contributed by atoms with Crippen molar-refractivity contribution in [3.05, 3.63) is 35.7 Å². The highest BCUT2D eigenvalue weighted by molar-refractivity contribution is 5.74. The van der Waals surface area contributed by atoms with Gasteiger partial charge in [-0.15, -0.1) is 0 Å². The second kappa shape index (κ2) is 7.38. The Labute approximate surface area is 142 Å². The molecule has 126 valence electrons. The minimum absolute atomic E-state index is 0.0825. The molecule has 0 aliphatic carbocycles. The molecule has 2 aromatic rings. The Morgan fingerprint density at radius 2 is 2.21 bits per heavy atom. The summed E-state index contributed by atoms with van der Waals surface area (Å²) in [5.74, 6) is 1.58. The maximum absolute atomic E-state index is 11.7. The third-order valence-electron chi connectivity index (χ3n) is 4.23. The van der Waals surface area contributed by atoms with Gasteiger partial charge in [-0.2, -0.15) is 0 Å². The van der Waals surface area contributed by atoms with Gasteiger partial charge in [-0.25, -0.2) is 9.97 Å². The van der Waals surface area contributed by atoms with Gasteiger partial charge in [0.05, 0.1) is 12.2 Å². The summed E-state index contributed by atoms with van der Waals surface area (Å²) in [4.78, 5) is 27.3. The molecule has 0 radical (unpaired) electrons. The number of fused-ring (bicyclic) bond motifs is 1. The molecule has 1 N–H and O–H groups in total. The van der Waals surface area contributed by atoms with Crippen molar-refractivity contribution < 1.29 is 4.79 Å². The summed E-state index contributed by atoms with van der Waals surface area (Å²) in [5, 5.41) is 3.45. The molecule has 0 saturated carbocycles. The molecular formula is C18H23N5O. The Balaban J connectivity index is 1.98. The number of hydrogen-bond donors (Lipinski definition) is 1. The first kappa shape index (κ1) is 16.4. The second-order valence-corrected chi connectivity index (χ2v) is 6.01. The fraction of sp³-hybridized carbons (Fsp3) is 0.444. The van der Waals surface area contributed by atoms with Crippen LogP contribution in [-0.4, -0.2) is 38.8 Å². The minimum Gasteiger partial charge on any atom is -0.370 e. The summed E-state index contributed by atoms with van der Waals surface area (Å²) in [7, 11) is 0. The van der Waals surface area contributed by atoms with Crippen LogP contribution in [0.15, 0.2) is 24.4 Å². The van der Waals surface area contributed by atoms with Crippen molar-refractivity contribution in [2.24, 2.45) is 0 Å². The second-order valence-electron chi connectivity index (χ2n) is 6.01. The Morgan fingerprint density at radius 3 is 2.92 bits per heavy atom. The van der Waals surface area contributed by atoms with Gasteiger partial charge in [0, 0.05) is 31.8 Å². The lowest BCUT2D eigenvalue weighted by atomic mass is 10.0. The van der Waals surface area contributed by atoms with Crippen LogP contribution in [0.2, 0.25) is 0 Å². The van der Waals surface area contributed by atoms with Crippen LogP contribution in [0.25, 0.3) is 11.5 Å². The number of nitrogens with zero attached hydrogens (tertiary/aromatic N) is 4. The normalized spacial score (nSPS) is 13.5. The van der Waals surface area contributed by atoms with E-state index in [-0.39, 0.29) is 5.91 Å². The van der Waals surface area contributed by atoms with E-state index in [1.807, 2.05) is 23.1 Å². The molecule has 6 heteroatoms. The highest BCUT2D eigenvalue weighted by atomic mass is 16.2. The molecule has 0 saturated heterocycles. The van der Waals surface area contributed by atoms with Crippen molar-refractivity contribution in [1.82, 2.24) is 19.9 Å². The van der Waals surface area contributed by atoms with Crippen LogP contribution in [0, 0.1) is 0 Å². The number of aromatic nitrogens is 3. The third-order valence-corrected chi connectivity index (χ3v) is 4.23. The first-order chi connectivity index (χ1) is 11.7. The molecule has 0 bridgehead atoms. The molecule has 1 amide bonds. The monoisotopic (exact) mass is 325 g/mol. The van der Waals surface area contributed by atoms with Crippen LogP contribution < -0.4 is 5.32 Å². The molecule has 0 atom stereocenters. The zero-order valence-electron chi connectivity index (χ0n) is 14.2. The van der Waals surface area contributed by atoms with Crippen LogP contribution in [0.3, 0.4) is 0 Å². The average Bonchev–Trinajstić information content (AvgIpc) is 2.62. The summed E-state index contributed by atoms with van der Waals surface area (Å²) in [5.41, 5.74) is 2.80. The minimum atomic E-state index is 0.0825. The van der Waals surface area contributed by atoms with Gasteiger partial charge in [-0.05, 0) is 25.0 Å². The van der Waals surface area contributed by atoms with E-state index in [0.717, 1.165) is 55.1 Å². The molecule has 24 heavy (non-hydrogen) atoms. The first-order valence-corrected chi connectivity index (χ1v) is 8.49. The Morgan fingerprint density at radius 1 is 1.33 bits per heavy atom. The fourth-order valence-corrected chi connectivity index (χ4v) is 2.84. The molecule has 1 aliphatic heterocycles. The van der Waals surface area contributed by atoms with E-state index in [1.165, 1.54) is 0 Å². The average molecular weight is 325 g/mol. The van der Waals surface area contributed by atoms with Crippen molar-refractivity contribution in [1.29, 1.82) is 0 Å². The van der Waals surface area contributed by atoms with Crippen LogP contribution in [0.4, 0.5) is 5.82 Å². The summed E-state index contributed by atoms with van der Waals surface area (Å²) in [6, 6.07) is 5.71. The van der Waals surface area contributed by atoms with Crippen molar-refractivity contribution >= 4 is 11.7 Å². The van der Waals surface area contributed by atoms with Crippen LogP contribution >= 0.6 is 0 Å². The number of amides is 1. The highest BCUT2D eigenvalue weighted by Crippen LogP contribution is 2.26. The Hall–Kier alpha value is -2.50. The number of unbranched alkanes of at least 4 members (excludes halogenated alkanes) is 1. The van der Waals surface area contributed by atoms with Crippen LogP contribution in [0.5, 0.6) is 0 Å². The molecule has 3 heterocycles. The summed E-state index contributed by atoms with van der Waals surface area (Å²) in [6.07, 6.45) is 4.75. The first-order valence-electron chi connectivity index (χ1n) is 8.49. The molecular weight excluding hydrogens is 302 g/mol. The molecule has 0 spiro atoms. The Kier molecular flexibility index (Phi) is 5.03. The van der Waals surface area contributed by atoms with Crippen molar-refractivity contribution in [2.45, 2.75) is 39.7 Å². The summed E-state index contributed by atoms with van der Waals surface area (Å²) < 4.78 is 0. The molecule has 6 nitrogen and oxygen atoms in total. The zero-order valence-corrected chi connectivity index (χ0v) is 14.2. The van der Waals surface area contributed by atoms with Gasteiger partial charge in [0.2, 0.25) is 5.91 Å². The SMILES string of the molecule is CCCCNc1nc(-c2ccccn2)nc2c1CCN(C(C)=O)C2. The Bertz CT molecular complexity index is 717. The molecule has 0 fully saturated rings. The van der Waals surface area contributed by atoms with Crippen molar-refractivity contribution in [3.8, 4) is 11.5 Å². The standard InChI is InChI=1S/C18H23N5O/c1-3-4-9-20-17-14-8-11-23(13(2)24)12-16(14)21-18(22-17)15-7-5-6-10-19-15/h5-7,10H,3-4,8-9,11-12H2,1-2H3,(H,20,21,22).